The van der Waals surface area contributed by atoms with Gasteiger partial charge >= 0.3 is 0 Å². The quantitative estimate of drug-likeness (QED) is 0.569. The Kier molecular flexibility index (Phi) is 1.40. The topological polar surface area (TPSA) is 20.2 Å². The van der Waals surface area contributed by atoms with Crippen molar-refractivity contribution < 1.29 is 5.11 Å². The van der Waals surface area contributed by atoms with E-state index in [-0.39, 0.29) is 6.61 Å². The van der Waals surface area contributed by atoms with E-state index in [0.29, 0.717) is 5.41 Å². The molecule has 2 rings (SSSR count). The van der Waals surface area contributed by atoms with Gasteiger partial charge in [-0.2, -0.15) is 0 Å². The lowest BCUT2D eigenvalue weighted by atomic mass is 10.0. The summed E-state index contributed by atoms with van der Waals surface area (Å²) in [7, 11) is 0. The second kappa shape index (κ2) is 2.10. The molecule has 0 heterocycles. The zero-order chi connectivity index (χ0) is 8.06. The standard InChI is InChI=1S/C10H16O/c1-10(2)8-4-3-7(6-11)5-9(8)10/h5,8-9,11H,3-4,6H2,1-2H3/t8-,9+/m0/s1. The van der Waals surface area contributed by atoms with Crippen LogP contribution in [0.1, 0.15) is 26.7 Å². The first-order valence-electron chi connectivity index (χ1n) is 4.46. The second-order valence-electron chi connectivity index (χ2n) is 4.48. The van der Waals surface area contributed by atoms with E-state index in [9.17, 15) is 0 Å². The van der Waals surface area contributed by atoms with Crippen molar-refractivity contribution in [2.24, 2.45) is 17.3 Å². The van der Waals surface area contributed by atoms with E-state index in [1.807, 2.05) is 0 Å². The number of fused-ring (bicyclic) bond motifs is 1. The normalized spacial score (nSPS) is 39.4. The van der Waals surface area contributed by atoms with Crippen LogP contribution in [0.25, 0.3) is 0 Å². The van der Waals surface area contributed by atoms with Gasteiger partial charge in [-0.15, -0.1) is 0 Å². The molecule has 2 aliphatic rings. The number of hydrogen-bond donors (Lipinski definition) is 1. The van der Waals surface area contributed by atoms with Crippen LogP contribution < -0.4 is 0 Å². The van der Waals surface area contributed by atoms with Crippen LogP contribution in [-0.4, -0.2) is 11.7 Å². The molecule has 0 unspecified atom stereocenters. The third-order valence-corrected chi connectivity index (χ3v) is 3.53. The van der Waals surface area contributed by atoms with Gasteiger partial charge in [-0.05, 0) is 35.7 Å². The SMILES string of the molecule is CC1(C)[C@@H]2C=C(CO)CC[C@@H]21. The lowest BCUT2D eigenvalue weighted by Crippen LogP contribution is -1.97. The first-order valence-corrected chi connectivity index (χ1v) is 4.46. The van der Waals surface area contributed by atoms with E-state index in [0.717, 1.165) is 18.3 Å². The van der Waals surface area contributed by atoms with Crippen molar-refractivity contribution in [2.45, 2.75) is 26.7 Å². The van der Waals surface area contributed by atoms with Gasteiger partial charge in [0.1, 0.15) is 0 Å². The summed E-state index contributed by atoms with van der Waals surface area (Å²) in [5.41, 5.74) is 1.80. The fourth-order valence-electron chi connectivity index (χ4n) is 2.48. The molecule has 0 amide bonds. The van der Waals surface area contributed by atoms with Crippen LogP contribution in [-0.2, 0) is 0 Å². The Balaban J connectivity index is 2.13. The summed E-state index contributed by atoms with van der Waals surface area (Å²) in [5, 5.41) is 8.93. The lowest BCUT2D eigenvalue weighted by molar-refractivity contribution is 0.322. The van der Waals surface area contributed by atoms with Gasteiger partial charge in [-0.3, -0.25) is 0 Å². The van der Waals surface area contributed by atoms with Crippen LogP contribution >= 0.6 is 0 Å². The minimum Gasteiger partial charge on any atom is -0.392 e. The number of aliphatic hydroxyl groups excluding tert-OH is 1. The molecule has 0 saturated heterocycles. The molecule has 11 heavy (non-hydrogen) atoms. The van der Waals surface area contributed by atoms with Gasteiger partial charge < -0.3 is 5.11 Å². The van der Waals surface area contributed by atoms with Crippen molar-refractivity contribution in [3.63, 3.8) is 0 Å². The zero-order valence-electron chi connectivity index (χ0n) is 7.30. The van der Waals surface area contributed by atoms with Crippen LogP contribution in [0, 0.1) is 17.3 Å². The third-order valence-electron chi connectivity index (χ3n) is 3.53. The van der Waals surface area contributed by atoms with E-state index >= 15 is 0 Å². The molecule has 2 aliphatic carbocycles. The van der Waals surface area contributed by atoms with Crippen molar-refractivity contribution in [1.29, 1.82) is 0 Å². The average Bonchev–Trinajstić information content (AvgIpc) is 2.55. The van der Waals surface area contributed by atoms with Gasteiger partial charge in [0.15, 0.2) is 0 Å². The van der Waals surface area contributed by atoms with Crippen LogP contribution in [0.2, 0.25) is 0 Å². The number of rotatable bonds is 1. The lowest BCUT2D eigenvalue weighted by Gasteiger charge is -2.07. The van der Waals surface area contributed by atoms with Crippen molar-refractivity contribution in [1.82, 2.24) is 0 Å². The van der Waals surface area contributed by atoms with E-state index in [4.69, 9.17) is 5.11 Å². The summed E-state index contributed by atoms with van der Waals surface area (Å²) in [6, 6.07) is 0. The van der Waals surface area contributed by atoms with Crippen molar-refractivity contribution in [2.75, 3.05) is 6.61 Å². The maximum Gasteiger partial charge on any atom is 0.0641 e. The van der Waals surface area contributed by atoms with Crippen LogP contribution in [0.4, 0.5) is 0 Å². The Morgan fingerprint density at radius 3 is 2.91 bits per heavy atom. The van der Waals surface area contributed by atoms with Crippen molar-refractivity contribution >= 4 is 0 Å². The van der Waals surface area contributed by atoms with Gasteiger partial charge in [0, 0.05) is 0 Å². The second-order valence-corrected chi connectivity index (χ2v) is 4.48. The van der Waals surface area contributed by atoms with Gasteiger partial charge in [-0.25, -0.2) is 0 Å². The molecule has 2 atom stereocenters. The summed E-state index contributed by atoms with van der Waals surface area (Å²) >= 11 is 0. The molecule has 0 aromatic carbocycles. The van der Waals surface area contributed by atoms with E-state index in [1.54, 1.807) is 0 Å². The number of allylic oxidation sites excluding steroid dienone is 1. The molecule has 0 aromatic heterocycles. The molecule has 0 spiro atoms. The van der Waals surface area contributed by atoms with E-state index < -0.39 is 0 Å². The maximum absolute atomic E-state index is 8.93. The highest BCUT2D eigenvalue weighted by Gasteiger charge is 2.56. The Labute approximate surface area is 68.1 Å². The summed E-state index contributed by atoms with van der Waals surface area (Å²) in [4.78, 5) is 0. The fourth-order valence-corrected chi connectivity index (χ4v) is 2.48. The van der Waals surface area contributed by atoms with Crippen molar-refractivity contribution in [3.8, 4) is 0 Å². The Bertz CT molecular complexity index is 203. The first kappa shape index (κ1) is 7.35. The highest BCUT2D eigenvalue weighted by Crippen LogP contribution is 2.63. The van der Waals surface area contributed by atoms with Gasteiger partial charge in [-0.1, -0.05) is 19.9 Å². The molecular formula is C10H16O. The van der Waals surface area contributed by atoms with E-state index in [2.05, 4.69) is 19.9 Å². The molecule has 0 bridgehead atoms. The molecule has 1 N–H and O–H groups in total. The van der Waals surface area contributed by atoms with Crippen LogP contribution in [0.3, 0.4) is 0 Å². The maximum atomic E-state index is 8.93. The monoisotopic (exact) mass is 152 g/mol. The van der Waals surface area contributed by atoms with Crippen molar-refractivity contribution in [3.05, 3.63) is 11.6 Å². The predicted molar refractivity (Wildman–Crippen MR) is 45.2 cm³/mol. The van der Waals surface area contributed by atoms with Gasteiger partial charge in [0.2, 0.25) is 0 Å². The van der Waals surface area contributed by atoms with Crippen LogP contribution in [0.15, 0.2) is 11.6 Å². The number of aliphatic hydroxyl groups is 1. The minimum atomic E-state index is 0.277. The van der Waals surface area contributed by atoms with Crippen LogP contribution in [0.5, 0.6) is 0 Å². The highest BCUT2D eigenvalue weighted by atomic mass is 16.3. The predicted octanol–water partition coefficient (Wildman–Crippen LogP) is 1.97. The largest absolute Gasteiger partial charge is 0.392 e. The molecule has 62 valence electrons. The molecular weight excluding hydrogens is 136 g/mol. The Hall–Kier alpha value is -0.300. The Morgan fingerprint density at radius 2 is 2.36 bits per heavy atom. The zero-order valence-corrected chi connectivity index (χ0v) is 7.30. The van der Waals surface area contributed by atoms with E-state index in [1.165, 1.54) is 12.0 Å². The molecule has 1 fully saturated rings. The summed E-state index contributed by atoms with van der Waals surface area (Å²) in [6.07, 6.45) is 4.72. The Morgan fingerprint density at radius 1 is 1.64 bits per heavy atom. The molecule has 0 aromatic rings. The highest BCUT2D eigenvalue weighted by molar-refractivity contribution is 5.23. The minimum absolute atomic E-state index is 0.277. The molecule has 0 aliphatic heterocycles. The first-order chi connectivity index (χ1) is 5.16. The van der Waals surface area contributed by atoms with Gasteiger partial charge in [0.05, 0.1) is 6.61 Å². The third kappa shape index (κ3) is 0.943. The molecule has 1 nitrogen and oxygen atoms in total. The summed E-state index contributed by atoms with van der Waals surface area (Å²) < 4.78 is 0. The fraction of sp³-hybridized carbons (Fsp3) is 0.800. The summed E-state index contributed by atoms with van der Waals surface area (Å²) in [5.74, 6) is 1.69. The van der Waals surface area contributed by atoms with Gasteiger partial charge in [0.25, 0.3) is 0 Å². The molecule has 1 heteroatoms. The molecule has 0 radical (unpaired) electrons. The average molecular weight is 152 g/mol. The number of hydrogen-bond acceptors (Lipinski definition) is 1. The smallest absolute Gasteiger partial charge is 0.0641 e. The summed E-state index contributed by atoms with van der Waals surface area (Å²) in [6.45, 7) is 4.94. The molecule has 1 saturated carbocycles.